The fourth-order valence-electron chi connectivity index (χ4n) is 2.21. The minimum Gasteiger partial charge on any atom is -0.495 e. The fourth-order valence-corrected chi connectivity index (χ4v) is 4.24. The molecule has 0 fully saturated rings. The third kappa shape index (κ3) is 3.46. The van der Waals surface area contributed by atoms with E-state index in [1.54, 1.807) is 14.2 Å². The van der Waals surface area contributed by atoms with Crippen molar-refractivity contribution in [1.82, 2.24) is 0 Å². The summed E-state index contributed by atoms with van der Waals surface area (Å²) < 4.78 is 12.8. The van der Waals surface area contributed by atoms with Crippen LogP contribution in [0.1, 0.15) is 21.5 Å². The minimum atomic E-state index is 0.0442. The van der Waals surface area contributed by atoms with Crippen LogP contribution in [0.15, 0.2) is 39.3 Å². The molecule has 0 aliphatic carbocycles. The summed E-state index contributed by atoms with van der Waals surface area (Å²) in [4.78, 5) is 0.0442. The van der Waals surface area contributed by atoms with Crippen LogP contribution in [0.4, 0.5) is 0 Å². The maximum Gasteiger partial charge on any atom is 0.141 e. The molecule has 1 atom stereocenters. The summed E-state index contributed by atoms with van der Waals surface area (Å²) >= 11 is 10.8. The zero-order valence-corrected chi connectivity index (χ0v) is 16.7. The Kier molecular flexibility index (Phi) is 5.74. The smallest absolute Gasteiger partial charge is 0.141 e. The van der Waals surface area contributed by atoms with Crippen LogP contribution in [-0.4, -0.2) is 14.2 Å². The van der Waals surface area contributed by atoms with E-state index in [1.807, 2.05) is 18.2 Å². The van der Waals surface area contributed by atoms with Gasteiger partial charge in [-0.2, -0.15) is 0 Å². The van der Waals surface area contributed by atoms with Crippen LogP contribution >= 0.6 is 47.8 Å². The Bertz CT molecular complexity index is 656. The van der Waals surface area contributed by atoms with E-state index in [9.17, 15) is 0 Å². The number of hydrogen-bond acceptors (Lipinski definition) is 2. The molecular weight excluding hydrogens is 464 g/mol. The second-order valence-electron chi connectivity index (χ2n) is 4.57. The lowest BCUT2D eigenvalue weighted by Gasteiger charge is -2.19. The lowest BCUT2D eigenvalue weighted by Crippen LogP contribution is -2.01. The number of hydrogen-bond donors (Lipinski definition) is 0. The Morgan fingerprint density at radius 3 is 2.19 bits per heavy atom. The molecule has 21 heavy (non-hydrogen) atoms. The van der Waals surface area contributed by atoms with Crippen molar-refractivity contribution in [3.05, 3.63) is 56.0 Å². The third-order valence-electron chi connectivity index (χ3n) is 3.29. The Morgan fingerprint density at radius 2 is 1.62 bits per heavy atom. The van der Waals surface area contributed by atoms with Gasteiger partial charge in [0.1, 0.15) is 16.0 Å². The van der Waals surface area contributed by atoms with Crippen LogP contribution in [0.25, 0.3) is 0 Å². The molecule has 1 unspecified atom stereocenters. The highest BCUT2D eigenvalue weighted by Gasteiger charge is 2.21. The molecule has 0 radical (unpaired) electrons. The van der Waals surface area contributed by atoms with Crippen molar-refractivity contribution in [1.29, 1.82) is 0 Å². The molecule has 0 bridgehead atoms. The van der Waals surface area contributed by atoms with Gasteiger partial charge in [-0.05, 0) is 52.2 Å². The molecule has 0 spiro atoms. The maximum atomic E-state index is 5.56. The molecule has 5 heteroatoms. The first-order chi connectivity index (χ1) is 9.99. The second kappa shape index (κ2) is 7.16. The zero-order valence-electron chi connectivity index (χ0n) is 11.9. The van der Waals surface area contributed by atoms with Crippen molar-refractivity contribution in [3.63, 3.8) is 0 Å². The zero-order chi connectivity index (χ0) is 15.6. The fraction of sp³-hybridized carbons (Fsp3) is 0.250. The van der Waals surface area contributed by atoms with Crippen LogP contribution < -0.4 is 9.47 Å². The van der Waals surface area contributed by atoms with Gasteiger partial charge in [0, 0.05) is 10.0 Å². The molecule has 2 rings (SSSR count). The molecule has 112 valence electrons. The normalized spacial score (nSPS) is 12.1. The van der Waals surface area contributed by atoms with Crippen molar-refractivity contribution in [2.24, 2.45) is 0 Å². The van der Waals surface area contributed by atoms with Crippen LogP contribution in [0, 0.1) is 6.92 Å². The van der Waals surface area contributed by atoms with Crippen molar-refractivity contribution in [2.45, 2.75) is 11.8 Å². The van der Waals surface area contributed by atoms with E-state index < -0.39 is 0 Å². The number of ether oxygens (including phenoxy) is 2. The van der Waals surface area contributed by atoms with Crippen LogP contribution in [0.3, 0.4) is 0 Å². The number of methoxy groups -OCH3 is 2. The van der Waals surface area contributed by atoms with Crippen LogP contribution in [-0.2, 0) is 0 Å². The highest BCUT2D eigenvalue weighted by atomic mass is 79.9. The topological polar surface area (TPSA) is 18.5 Å². The summed E-state index contributed by atoms with van der Waals surface area (Å²) in [6.45, 7) is 2.10. The highest BCUT2D eigenvalue weighted by molar-refractivity contribution is 9.11. The van der Waals surface area contributed by atoms with E-state index in [2.05, 4.69) is 66.8 Å². The van der Waals surface area contributed by atoms with Gasteiger partial charge in [0.2, 0.25) is 0 Å². The average molecular weight is 479 g/mol. The number of alkyl halides is 1. The summed E-state index contributed by atoms with van der Waals surface area (Å²) in [5.74, 6) is 1.53. The van der Waals surface area contributed by atoms with Crippen LogP contribution in [0.5, 0.6) is 11.5 Å². The number of rotatable bonds is 4. The molecule has 0 aliphatic heterocycles. The molecule has 2 nitrogen and oxygen atoms in total. The Labute approximate surface area is 150 Å². The lowest BCUT2D eigenvalue weighted by molar-refractivity contribution is 0.386. The SMILES string of the molecule is COc1ccc(C(Br)c2ccc(Br)cc2C)c(OC)c1Br. The number of aryl methyl sites for hydroxylation is 1. The van der Waals surface area contributed by atoms with Gasteiger partial charge < -0.3 is 9.47 Å². The molecule has 0 heterocycles. The monoisotopic (exact) mass is 476 g/mol. The molecule has 2 aromatic rings. The van der Waals surface area contributed by atoms with Crippen molar-refractivity contribution >= 4 is 47.8 Å². The molecule has 0 aromatic heterocycles. The molecule has 2 aromatic carbocycles. The van der Waals surface area contributed by atoms with E-state index in [-0.39, 0.29) is 4.83 Å². The van der Waals surface area contributed by atoms with Gasteiger partial charge in [-0.15, -0.1) is 0 Å². The first-order valence-corrected chi connectivity index (χ1v) is 8.80. The maximum absolute atomic E-state index is 5.56. The van der Waals surface area contributed by atoms with E-state index in [1.165, 1.54) is 11.1 Å². The Morgan fingerprint density at radius 1 is 0.952 bits per heavy atom. The summed E-state index contributed by atoms with van der Waals surface area (Å²) in [6, 6.07) is 10.2. The van der Waals surface area contributed by atoms with Gasteiger partial charge in [-0.25, -0.2) is 0 Å². The van der Waals surface area contributed by atoms with E-state index >= 15 is 0 Å². The second-order valence-corrected chi connectivity index (χ2v) is 7.19. The predicted molar refractivity (Wildman–Crippen MR) is 96.9 cm³/mol. The van der Waals surface area contributed by atoms with Gasteiger partial charge in [-0.3, -0.25) is 0 Å². The van der Waals surface area contributed by atoms with Crippen molar-refractivity contribution in [2.75, 3.05) is 14.2 Å². The summed E-state index contributed by atoms with van der Waals surface area (Å²) in [6.07, 6.45) is 0. The summed E-state index contributed by atoms with van der Waals surface area (Å²) in [7, 11) is 3.31. The summed E-state index contributed by atoms with van der Waals surface area (Å²) in [5.41, 5.74) is 3.46. The highest BCUT2D eigenvalue weighted by Crippen LogP contribution is 2.44. The molecular formula is C16H15Br3O2. The van der Waals surface area contributed by atoms with Crippen molar-refractivity contribution in [3.8, 4) is 11.5 Å². The van der Waals surface area contributed by atoms with Crippen LogP contribution in [0.2, 0.25) is 0 Å². The van der Waals surface area contributed by atoms with E-state index in [0.29, 0.717) is 0 Å². The third-order valence-corrected chi connectivity index (χ3v) is 5.52. The average Bonchev–Trinajstić information content (AvgIpc) is 2.46. The predicted octanol–water partition coefficient (Wildman–Crippen LogP) is 6.02. The Balaban J connectivity index is 2.52. The van der Waals surface area contributed by atoms with Gasteiger partial charge in [0.15, 0.2) is 0 Å². The van der Waals surface area contributed by atoms with Crippen molar-refractivity contribution < 1.29 is 9.47 Å². The van der Waals surface area contributed by atoms with Gasteiger partial charge >= 0.3 is 0 Å². The first-order valence-electron chi connectivity index (χ1n) is 6.30. The molecule has 0 saturated heterocycles. The lowest BCUT2D eigenvalue weighted by atomic mass is 9.99. The van der Waals surface area contributed by atoms with Gasteiger partial charge in [0.25, 0.3) is 0 Å². The number of benzene rings is 2. The molecule has 0 aliphatic rings. The molecule has 0 saturated carbocycles. The largest absolute Gasteiger partial charge is 0.495 e. The standard InChI is InChI=1S/C16H15Br3O2/c1-9-8-10(17)4-5-11(9)14(18)12-6-7-13(20-2)15(19)16(12)21-3/h4-8,14H,1-3H3. The van der Waals surface area contributed by atoms with Gasteiger partial charge in [-0.1, -0.05) is 44.0 Å². The molecule has 0 amide bonds. The minimum absolute atomic E-state index is 0.0442. The van der Waals surface area contributed by atoms with Gasteiger partial charge in [0.05, 0.1) is 19.0 Å². The van der Waals surface area contributed by atoms with E-state index in [4.69, 9.17) is 9.47 Å². The molecule has 0 N–H and O–H groups in total. The number of halogens is 3. The quantitative estimate of drug-likeness (QED) is 0.500. The summed E-state index contributed by atoms with van der Waals surface area (Å²) in [5, 5.41) is 0. The first kappa shape index (κ1) is 16.8. The van der Waals surface area contributed by atoms with E-state index in [0.717, 1.165) is 26.0 Å². The Hall–Kier alpha value is -0.520.